The minimum atomic E-state index is -0.246. The van der Waals surface area contributed by atoms with Gasteiger partial charge in [0.25, 0.3) is 5.91 Å². The van der Waals surface area contributed by atoms with Crippen LogP contribution >= 0.6 is 11.8 Å². The molecule has 0 atom stereocenters. The summed E-state index contributed by atoms with van der Waals surface area (Å²) >= 11 is 1.76. The third kappa shape index (κ3) is 4.66. The lowest BCUT2D eigenvalue weighted by Crippen LogP contribution is -2.29. The van der Waals surface area contributed by atoms with Crippen LogP contribution in [0.15, 0.2) is 65.6 Å². The van der Waals surface area contributed by atoms with Crippen LogP contribution < -0.4 is 10.6 Å². The fourth-order valence-electron chi connectivity index (χ4n) is 4.40. The van der Waals surface area contributed by atoms with E-state index < -0.39 is 0 Å². The van der Waals surface area contributed by atoms with E-state index in [-0.39, 0.29) is 11.7 Å². The summed E-state index contributed by atoms with van der Waals surface area (Å²) in [6.07, 6.45) is 3.69. The van der Waals surface area contributed by atoms with Gasteiger partial charge in [-0.2, -0.15) is 0 Å². The van der Waals surface area contributed by atoms with E-state index in [1.165, 1.54) is 36.3 Å². The van der Waals surface area contributed by atoms with Gasteiger partial charge < -0.3 is 10.6 Å². The van der Waals surface area contributed by atoms with Gasteiger partial charge in [0.2, 0.25) is 0 Å². The fourth-order valence-corrected chi connectivity index (χ4v) is 5.24. The van der Waals surface area contributed by atoms with Gasteiger partial charge >= 0.3 is 0 Å². The first kappa shape index (κ1) is 21.0. The molecule has 0 bridgehead atoms. The Labute approximate surface area is 192 Å². The lowest BCUT2D eigenvalue weighted by atomic mass is 9.96. The lowest BCUT2D eigenvalue weighted by Gasteiger charge is -2.27. The molecule has 3 aromatic rings. The number of carbonyl (C=O) groups is 1. The van der Waals surface area contributed by atoms with Crippen molar-refractivity contribution in [2.75, 3.05) is 29.6 Å². The van der Waals surface area contributed by atoms with E-state index in [4.69, 9.17) is 0 Å². The van der Waals surface area contributed by atoms with Crippen molar-refractivity contribution >= 4 is 29.0 Å². The number of anilines is 2. The molecular weight excluding hydrogens is 421 g/mol. The summed E-state index contributed by atoms with van der Waals surface area (Å²) in [5.74, 6) is 0.489. The highest BCUT2D eigenvalue weighted by molar-refractivity contribution is 7.99. The number of benzene rings is 3. The number of thioether (sulfide) groups is 1. The van der Waals surface area contributed by atoms with Crippen molar-refractivity contribution in [3.63, 3.8) is 0 Å². The number of fused-ring (bicyclic) bond motifs is 1. The van der Waals surface area contributed by atoms with E-state index in [9.17, 15) is 9.18 Å². The molecule has 164 valence electrons. The lowest BCUT2D eigenvalue weighted by molar-refractivity contribution is 0.102. The Morgan fingerprint density at radius 3 is 2.62 bits per heavy atom. The molecule has 2 aliphatic rings. The van der Waals surface area contributed by atoms with Gasteiger partial charge in [0.05, 0.1) is 11.6 Å². The second-order valence-corrected chi connectivity index (χ2v) is 9.36. The number of amides is 1. The van der Waals surface area contributed by atoms with Crippen LogP contribution in [0.2, 0.25) is 0 Å². The van der Waals surface area contributed by atoms with Gasteiger partial charge in [-0.1, -0.05) is 24.6 Å². The number of nitrogens with one attached hydrogen (secondary N) is 2. The molecule has 3 aromatic carbocycles. The zero-order valence-electron chi connectivity index (χ0n) is 17.9. The van der Waals surface area contributed by atoms with Gasteiger partial charge in [-0.15, -0.1) is 11.8 Å². The highest BCUT2D eigenvalue weighted by Gasteiger charge is 2.17. The summed E-state index contributed by atoms with van der Waals surface area (Å²) in [6, 6.07) is 18.4. The molecule has 0 aromatic heterocycles. The van der Waals surface area contributed by atoms with Crippen LogP contribution in [-0.2, 0) is 6.54 Å². The molecule has 4 nitrogen and oxygen atoms in total. The van der Waals surface area contributed by atoms with Gasteiger partial charge in [-0.05, 0) is 85.1 Å². The van der Waals surface area contributed by atoms with E-state index in [1.807, 2.05) is 36.4 Å². The van der Waals surface area contributed by atoms with Crippen molar-refractivity contribution in [2.45, 2.75) is 30.7 Å². The Bertz CT molecular complexity index is 1130. The highest BCUT2D eigenvalue weighted by Crippen LogP contribution is 2.35. The smallest absolute Gasteiger partial charge is 0.255 e. The minimum absolute atomic E-state index is 0.124. The molecule has 2 N–H and O–H groups in total. The zero-order chi connectivity index (χ0) is 21.9. The van der Waals surface area contributed by atoms with Crippen molar-refractivity contribution in [3.8, 4) is 11.1 Å². The number of halogens is 1. The summed E-state index contributed by atoms with van der Waals surface area (Å²) in [6.45, 7) is 2.92. The number of hydrogen-bond donors (Lipinski definition) is 2. The van der Waals surface area contributed by atoms with Crippen LogP contribution in [0.25, 0.3) is 11.1 Å². The normalized spacial score (nSPS) is 15.8. The minimum Gasteiger partial charge on any atom is -0.375 e. The molecule has 1 fully saturated rings. The van der Waals surface area contributed by atoms with Crippen molar-refractivity contribution < 1.29 is 9.18 Å². The summed E-state index contributed by atoms with van der Waals surface area (Å²) in [5, 5.41) is 6.35. The molecular formula is C26H26FN3OS. The van der Waals surface area contributed by atoms with E-state index in [2.05, 4.69) is 15.5 Å². The molecule has 2 aliphatic heterocycles. The Kier molecular flexibility index (Phi) is 6.14. The van der Waals surface area contributed by atoms with Crippen LogP contribution in [0, 0.1) is 5.82 Å². The monoisotopic (exact) mass is 447 g/mol. The van der Waals surface area contributed by atoms with Crippen molar-refractivity contribution in [3.05, 3.63) is 77.6 Å². The molecule has 6 heteroatoms. The average molecular weight is 448 g/mol. The SMILES string of the molecule is O=C(Nc1ccc2c(c1)NCS2)c1ccc(-c2ccc(F)cc2)c(CN2CCCCC2)c1. The van der Waals surface area contributed by atoms with Gasteiger partial charge in [0, 0.05) is 22.7 Å². The first-order chi connectivity index (χ1) is 15.7. The predicted molar refractivity (Wildman–Crippen MR) is 130 cm³/mol. The van der Waals surface area contributed by atoms with Crippen LogP contribution in [0.4, 0.5) is 15.8 Å². The number of carbonyl (C=O) groups excluding carboxylic acids is 1. The Balaban J connectivity index is 1.42. The van der Waals surface area contributed by atoms with Gasteiger partial charge in [-0.3, -0.25) is 9.69 Å². The van der Waals surface area contributed by atoms with Crippen LogP contribution in [0.1, 0.15) is 35.2 Å². The van der Waals surface area contributed by atoms with Crippen molar-refractivity contribution in [1.29, 1.82) is 0 Å². The number of hydrogen-bond acceptors (Lipinski definition) is 4. The maximum absolute atomic E-state index is 13.5. The van der Waals surface area contributed by atoms with Crippen molar-refractivity contribution in [1.82, 2.24) is 4.90 Å². The summed E-state index contributed by atoms with van der Waals surface area (Å²) in [7, 11) is 0. The number of rotatable bonds is 5. The molecule has 0 spiro atoms. The molecule has 0 unspecified atom stereocenters. The first-order valence-electron chi connectivity index (χ1n) is 11.1. The maximum Gasteiger partial charge on any atom is 0.255 e. The van der Waals surface area contributed by atoms with Crippen LogP contribution in [0.5, 0.6) is 0 Å². The standard InChI is InChI=1S/C26H26FN3OS/c27-21-7-4-18(5-8-21)23-10-6-19(14-20(23)16-30-12-2-1-3-13-30)26(31)29-22-9-11-25-24(15-22)28-17-32-25/h4-11,14-15,28H,1-3,12-13,16-17H2,(H,29,31). The van der Waals surface area contributed by atoms with E-state index in [0.717, 1.165) is 53.6 Å². The Morgan fingerprint density at radius 1 is 1.00 bits per heavy atom. The van der Waals surface area contributed by atoms with E-state index >= 15 is 0 Å². The third-order valence-electron chi connectivity index (χ3n) is 6.09. The summed E-state index contributed by atoms with van der Waals surface area (Å²) in [5.41, 5.74) is 5.58. The molecule has 5 rings (SSSR count). The molecule has 2 heterocycles. The fraction of sp³-hybridized carbons (Fsp3) is 0.269. The van der Waals surface area contributed by atoms with E-state index in [1.54, 1.807) is 23.9 Å². The molecule has 1 saturated heterocycles. The zero-order valence-corrected chi connectivity index (χ0v) is 18.7. The van der Waals surface area contributed by atoms with Gasteiger partial charge in [0.15, 0.2) is 0 Å². The topological polar surface area (TPSA) is 44.4 Å². The second-order valence-electron chi connectivity index (χ2n) is 8.35. The molecule has 1 amide bonds. The maximum atomic E-state index is 13.5. The quantitative estimate of drug-likeness (QED) is 0.488. The molecule has 0 saturated carbocycles. The van der Waals surface area contributed by atoms with Gasteiger partial charge in [0.1, 0.15) is 5.82 Å². The average Bonchev–Trinajstić information content (AvgIpc) is 3.28. The molecule has 32 heavy (non-hydrogen) atoms. The van der Waals surface area contributed by atoms with Gasteiger partial charge in [-0.25, -0.2) is 4.39 Å². The second kappa shape index (κ2) is 9.35. The van der Waals surface area contributed by atoms with Crippen LogP contribution in [-0.4, -0.2) is 29.8 Å². The predicted octanol–water partition coefficient (Wildman–Crippen LogP) is 6.21. The van der Waals surface area contributed by atoms with Crippen LogP contribution in [0.3, 0.4) is 0 Å². The number of piperidine rings is 1. The summed E-state index contributed by atoms with van der Waals surface area (Å²) < 4.78 is 13.5. The molecule has 0 aliphatic carbocycles. The number of nitrogens with zero attached hydrogens (tertiary/aromatic N) is 1. The number of likely N-dealkylation sites (tertiary alicyclic amines) is 1. The van der Waals surface area contributed by atoms with E-state index in [0.29, 0.717) is 5.56 Å². The largest absolute Gasteiger partial charge is 0.375 e. The van der Waals surface area contributed by atoms with Crippen molar-refractivity contribution in [2.24, 2.45) is 0 Å². The highest BCUT2D eigenvalue weighted by atomic mass is 32.2. The Hall–Kier alpha value is -2.83. The first-order valence-corrected chi connectivity index (χ1v) is 12.1. The third-order valence-corrected chi connectivity index (χ3v) is 7.05. The Morgan fingerprint density at radius 2 is 1.81 bits per heavy atom. The summed E-state index contributed by atoms with van der Waals surface area (Å²) in [4.78, 5) is 16.7. The molecule has 0 radical (unpaired) electrons.